The molecule has 0 aliphatic rings. The molecule has 2 aromatic carbocycles. The van der Waals surface area contributed by atoms with Gasteiger partial charge in [0.25, 0.3) is 5.69 Å². The predicted molar refractivity (Wildman–Crippen MR) is 103 cm³/mol. The molecule has 0 amide bonds. The Morgan fingerprint density at radius 2 is 1.85 bits per heavy atom. The van der Waals surface area contributed by atoms with Crippen molar-refractivity contribution in [2.24, 2.45) is 0 Å². The first-order valence-corrected chi connectivity index (χ1v) is 8.47. The molecule has 4 rings (SSSR count). The molecule has 0 radical (unpaired) electrons. The smallest absolute Gasteiger partial charge is 0.251 e. The first-order valence-electron chi connectivity index (χ1n) is 8.09. The van der Waals surface area contributed by atoms with Crippen LogP contribution in [0.4, 0.5) is 0 Å². The Labute approximate surface area is 155 Å². The first-order chi connectivity index (χ1) is 12.7. The van der Waals surface area contributed by atoms with Gasteiger partial charge in [-0.25, -0.2) is 4.98 Å². The van der Waals surface area contributed by atoms with Crippen molar-refractivity contribution in [1.29, 1.82) is 0 Å². The molecule has 0 aliphatic heterocycles. The number of methoxy groups -OCH3 is 1. The van der Waals surface area contributed by atoms with Gasteiger partial charge in [-0.05, 0) is 41.5 Å². The Hall–Kier alpha value is -3.11. The third-order valence-electron chi connectivity index (χ3n) is 4.32. The second-order valence-corrected chi connectivity index (χ2v) is 6.23. The zero-order chi connectivity index (χ0) is 18.1. The van der Waals surface area contributed by atoms with Gasteiger partial charge < -0.3 is 9.94 Å². The predicted octanol–water partition coefficient (Wildman–Crippen LogP) is 4.86. The number of pyridine rings is 2. The number of nitrogens with zero attached hydrogens (tertiary/aromatic N) is 2. The fourth-order valence-electron chi connectivity index (χ4n) is 3.09. The summed E-state index contributed by atoms with van der Waals surface area (Å²) in [5.41, 5.74) is 3.67. The summed E-state index contributed by atoms with van der Waals surface area (Å²) < 4.78 is 6.14. The van der Waals surface area contributed by atoms with Crippen LogP contribution in [0, 0.1) is 5.21 Å². The molecule has 2 heterocycles. The molecule has 0 atom stereocenters. The molecule has 4 aromatic rings. The van der Waals surface area contributed by atoms with Crippen molar-refractivity contribution in [2.45, 2.75) is 0 Å². The lowest BCUT2D eigenvalue weighted by molar-refractivity contribution is -0.592. The highest BCUT2D eigenvalue weighted by molar-refractivity contribution is 6.33. The number of hydrogen-bond donors (Lipinski definition) is 0. The Morgan fingerprint density at radius 1 is 1.00 bits per heavy atom. The van der Waals surface area contributed by atoms with Crippen molar-refractivity contribution < 1.29 is 9.47 Å². The van der Waals surface area contributed by atoms with Gasteiger partial charge in [-0.1, -0.05) is 35.9 Å². The van der Waals surface area contributed by atoms with E-state index in [1.807, 2.05) is 48.5 Å². The number of fused-ring (bicyclic) bond motifs is 1. The van der Waals surface area contributed by atoms with Gasteiger partial charge in [0.1, 0.15) is 11.3 Å². The summed E-state index contributed by atoms with van der Waals surface area (Å²) in [6.45, 7) is 0. The fourth-order valence-corrected chi connectivity index (χ4v) is 3.32. The third kappa shape index (κ3) is 2.74. The van der Waals surface area contributed by atoms with E-state index < -0.39 is 0 Å². The van der Waals surface area contributed by atoms with E-state index >= 15 is 0 Å². The number of aromatic nitrogens is 2. The summed E-state index contributed by atoms with van der Waals surface area (Å²) in [7, 11) is 1.64. The Balaban J connectivity index is 2.02. The van der Waals surface area contributed by atoms with Crippen molar-refractivity contribution in [2.75, 3.05) is 7.11 Å². The molecule has 26 heavy (non-hydrogen) atoms. The van der Waals surface area contributed by atoms with Gasteiger partial charge in [-0.15, -0.1) is 0 Å². The molecule has 5 heteroatoms. The second-order valence-electron chi connectivity index (χ2n) is 5.82. The maximum atomic E-state index is 12.5. The standard InChI is InChI=1S/C21H15ClN2O2/c1-26-15-6-4-5-14(13-15)16-9-11-23-20-17(16)10-12-24(25)21(20)18-7-2-3-8-19(18)22/h2-13H,1H3. The fraction of sp³-hybridized carbons (Fsp3) is 0.0476. The van der Waals surface area contributed by atoms with Crippen molar-refractivity contribution in [3.63, 3.8) is 0 Å². The van der Waals surface area contributed by atoms with Crippen LogP contribution in [0.2, 0.25) is 5.02 Å². The highest BCUT2D eigenvalue weighted by Gasteiger charge is 2.20. The lowest BCUT2D eigenvalue weighted by Gasteiger charge is -2.12. The quantitative estimate of drug-likeness (QED) is 0.386. The van der Waals surface area contributed by atoms with Crippen molar-refractivity contribution >= 4 is 22.5 Å². The summed E-state index contributed by atoms with van der Waals surface area (Å²) in [5, 5.41) is 13.9. The molecule has 0 bridgehead atoms. The molecule has 0 fully saturated rings. The van der Waals surface area contributed by atoms with Crippen LogP contribution >= 0.6 is 11.6 Å². The topological polar surface area (TPSA) is 49.1 Å². The number of hydrogen-bond acceptors (Lipinski definition) is 3. The van der Waals surface area contributed by atoms with E-state index in [-0.39, 0.29) is 0 Å². The lowest BCUT2D eigenvalue weighted by atomic mass is 9.99. The third-order valence-corrected chi connectivity index (χ3v) is 4.65. The first kappa shape index (κ1) is 16.4. The Morgan fingerprint density at radius 3 is 2.65 bits per heavy atom. The van der Waals surface area contributed by atoms with Crippen LogP contribution in [-0.2, 0) is 0 Å². The van der Waals surface area contributed by atoms with Gasteiger partial charge in [0.05, 0.1) is 17.7 Å². The normalized spacial score (nSPS) is 10.8. The van der Waals surface area contributed by atoms with Crippen molar-refractivity contribution in [1.82, 2.24) is 4.98 Å². The Bertz CT molecular complexity index is 1110. The van der Waals surface area contributed by atoms with Gasteiger partial charge in [-0.3, -0.25) is 0 Å². The molecule has 2 aromatic heterocycles. The second kappa shape index (κ2) is 6.65. The van der Waals surface area contributed by atoms with E-state index in [4.69, 9.17) is 16.3 Å². The van der Waals surface area contributed by atoms with Crippen LogP contribution in [0.5, 0.6) is 5.75 Å². The number of rotatable bonds is 3. The minimum absolute atomic E-state index is 0.442. The van der Waals surface area contributed by atoms with Crippen LogP contribution in [0.3, 0.4) is 0 Å². The van der Waals surface area contributed by atoms with E-state index in [2.05, 4.69) is 4.98 Å². The van der Waals surface area contributed by atoms with Crippen LogP contribution in [0.15, 0.2) is 73.1 Å². The van der Waals surface area contributed by atoms with Crippen LogP contribution < -0.4 is 9.47 Å². The van der Waals surface area contributed by atoms with Crippen LogP contribution in [0.25, 0.3) is 33.3 Å². The summed E-state index contributed by atoms with van der Waals surface area (Å²) in [4.78, 5) is 4.48. The van der Waals surface area contributed by atoms with Gasteiger partial charge in [0.2, 0.25) is 0 Å². The summed E-state index contributed by atoms with van der Waals surface area (Å²) in [6.07, 6.45) is 3.20. The maximum Gasteiger partial charge on any atom is 0.251 e. The monoisotopic (exact) mass is 362 g/mol. The molecule has 0 saturated carbocycles. The van der Waals surface area contributed by atoms with Gasteiger partial charge in [0, 0.05) is 17.6 Å². The zero-order valence-corrected chi connectivity index (χ0v) is 14.8. The highest BCUT2D eigenvalue weighted by atomic mass is 35.5. The van der Waals surface area contributed by atoms with E-state index in [1.165, 1.54) is 6.20 Å². The summed E-state index contributed by atoms with van der Waals surface area (Å²) >= 11 is 6.33. The molecule has 0 saturated heterocycles. The minimum atomic E-state index is 0.442. The average Bonchev–Trinajstić information content (AvgIpc) is 2.68. The molecule has 0 unspecified atom stereocenters. The molecule has 4 nitrogen and oxygen atoms in total. The van der Waals surface area contributed by atoms with Gasteiger partial charge >= 0.3 is 0 Å². The van der Waals surface area contributed by atoms with E-state index in [0.717, 1.165) is 27.0 Å². The molecule has 128 valence electrons. The summed E-state index contributed by atoms with van der Waals surface area (Å²) in [6, 6.07) is 18.8. The number of benzene rings is 2. The number of halogens is 1. The largest absolute Gasteiger partial charge is 0.618 e. The number of ether oxygens (including phenoxy) is 1. The van der Waals surface area contributed by atoms with Gasteiger partial charge in [0.15, 0.2) is 6.20 Å². The average molecular weight is 363 g/mol. The zero-order valence-electron chi connectivity index (χ0n) is 14.0. The van der Waals surface area contributed by atoms with Crippen molar-refractivity contribution in [3.05, 3.63) is 83.3 Å². The SMILES string of the molecule is COc1cccc(-c2ccnc3c(-c4ccccc4Cl)[n+]([O-])ccc23)c1. The highest BCUT2D eigenvalue weighted by Crippen LogP contribution is 2.34. The molecule has 0 spiro atoms. The van der Waals surface area contributed by atoms with E-state index in [9.17, 15) is 5.21 Å². The van der Waals surface area contributed by atoms with Crippen molar-refractivity contribution in [3.8, 4) is 28.1 Å². The van der Waals surface area contributed by atoms with Gasteiger partial charge in [-0.2, -0.15) is 4.73 Å². The Kier molecular flexibility index (Phi) is 4.19. The molecule has 0 aliphatic carbocycles. The lowest BCUT2D eigenvalue weighted by Crippen LogP contribution is -2.29. The van der Waals surface area contributed by atoms with E-state index in [0.29, 0.717) is 21.8 Å². The van der Waals surface area contributed by atoms with E-state index in [1.54, 1.807) is 25.4 Å². The molecular weight excluding hydrogens is 348 g/mol. The summed E-state index contributed by atoms with van der Waals surface area (Å²) in [5.74, 6) is 0.772. The maximum absolute atomic E-state index is 12.5. The minimum Gasteiger partial charge on any atom is -0.618 e. The van der Waals surface area contributed by atoms with Crippen LogP contribution in [0.1, 0.15) is 0 Å². The molecular formula is C21H15ClN2O2. The van der Waals surface area contributed by atoms with Crippen LogP contribution in [-0.4, -0.2) is 12.1 Å². The molecule has 0 N–H and O–H groups in total.